The van der Waals surface area contributed by atoms with Crippen LogP contribution in [-0.4, -0.2) is 34.5 Å². The van der Waals surface area contributed by atoms with E-state index in [1.54, 1.807) is 18.3 Å². The number of nitrogens with one attached hydrogen (secondary N) is 1. The molecule has 0 aliphatic heterocycles. The Morgan fingerprint density at radius 3 is 2.94 bits per heavy atom. The lowest BCUT2D eigenvalue weighted by atomic mass is 9.89. The van der Waals surface area contributed by atoms with Gasteiger partial charge in [-0.2, -0.15) is 0 Å². The number of ether oxygens (including phenoxy) is 2. The topological polar surface area (TPSA) is 116 Å². The number of fused-ring (bicyclic) bond motifs is 3. The van der Waals surface area contributed by atoms with E-state index in [1.807, 2.05) is 0 Å². The first-order chi connectivity index (χ1) is 14.9. The molecule has 1 N–H and O–H groups in total. The third-order valence-electron chi connectivity index (χ3n) is 5.39. The smallest absolute Gasteiger partial charge is 0.311 e. The highest BCUT2D eigenvalue weighted by Gasteiger charge is 2.24. The Labute approximate surface area is 182 Å². The highest BCUT2D eigenvalue weighted by molar-refractivity contribution is 7.18. The lowest BCUT2D eigenvalue weighted by molar-refractivity contribution is -0.385. The van der Waals surface area contributed by atoms with Crippen molar-refractivity contribution in [2.75, 3.05) is 19.0 Å². The molecule has 1 atom stereocenters. The molecule has 0 unspecified atom stereocenters. The Morgan fingerprint density at radius 1 is 1.39 bits per heavy atom. The third-order valence-corrected chi connectivity index (χ3v) is 6.56. The van der Waals surface area contributed by atoms with Gasteiger partial charge in [-0.15, -0.1) is 11.3 Å². The van der Waals surface area contributed by atoms with E-state index in [0.717, 1.165) is 29.5 Å². The van der Waals surface area contributed by atoms with Crippen LogP contribution in [0.25, 0.3) is 10.2 Å². The zero-order valence-corrected chi connectivity index (χ0v) is 18.2. The first-order valence-corrected chi connectivity index (χ1v) is 10.7. The van der Waals surface area contributed by atoms with Gasteiger partial charge in [0.2, 0.25) is 5.88 Å². The molecule has 2 aromatic heterocycles. The standard InChI is InChI=1S/C21H22N4O5S/c1-11-4-5-13-17(6-11)31-21-19(13)20(22-10-23-21)30-9-18(26)24-14-8-16(29-3)15(25(27)28)7-12(14)2/h7-8,10-11H,4-6,9H2,1-3H3,(H,24,26)/t11-/m1/s1. The summed E-state index contributed by atoms with van der Waals surface area (Å²) in [4.78, 5) is 34.0. The van der Waals surface area contributed by atoms with E-state index < -0.39 is 10.8 Å². The van der Waals surface area contributed by atoms with Gasteiger partial charge in [-0.05, 0) is 43.2 Å². The normalized spacial score (nSPS) is 15.4. The van der Waals surface area contributed by atoms with Gasteiger partial charge in [-0.3, -0.25) is 14.9 Å². The van der Waals surface area contributed by atoms with E-state index in [0.29, 0.717) is 23.0 Å². The van der Waals surface area contributed by atoms with Crippen LogP contribution in [-0.2, 0) is 17.6 Å². The number of amides is 1. The van der Waals surface area contributed by atoms with Crippen molar-refractivity contribution in [1.82, 2.24) is 9.97 Å². The van der Waals surface area contributed by atoms with Gasteiger partial charge in [0.15, 0.2) is 12.4 Å². The summed E-state index contributed by atoms with van der Waals surface area (Å²) in [6.07, 6.45) is 4.53. The first-order valence-electron chi connectivity index (χ1n) is 9.88. The number of carbonyl (C=O) groups excluding carboxylic acids is 1. The fourth-order valence-electron chi connectivity index (χ4n) is 3.79. The van der Waals surface area contributed by atoms with Gasteiger partial charge in [0.05, 0.1) is 17.4 Å². The van der Waals surface area contributed by atoms with Crippen molar-refractivity contribution in [2.45, 2.75) is 33.1 Å². The summed E-state index contributed by atoms with van der Waals surface area (Å²) in [5.41, 5.74) is 2.04. The Hall–Kier alpha value is -3.27. The van der Waals surface area contributed by atoms with Crippen LogP contribution in [0, 0.1) is 23.0 Å². The molecule has 10 heteroatoms. The van der Waals surface area contributed by atoms with Crippen LogP contribution in [0.4, 0.5) is 11.4 Å². The molecular formula is C21H22N4O5S. The van der Waals surface area contributed by atoms with Crippen LogP contribution in [0.2, 0.25) is 0 Å². The zero-order valence-electron chi connectivity index (χ0n) is 17.4. The van der Waals surface area contributed by atoms with Crippen LogP contribution in [0.3, 0.4) is 0 Å². The first kappa shape index (κ1) is 21.0. The van der Waals surface area contributed by atoms with E-state index >= 15 is 0 Å². The molecule has 4 rings (SSSR count). The molecule has 3 aromatic rings. The van der Waals surface area contributed by atoms with Gasteiger partial charge >= 0.3 is 5.69 Å². The molecule has 0 spiro atoms. The van der Waals surface area contributed by atoms with Crippen LogP contribution < -0.4 is 14.8 Å². The SMILES string of the molecule is COc1cc(NC(=O)COc2ncnc3sc4c(c23)CC[C@@H](C)C4)c(C)cc1[N+](=O)[O-]. The number of nitrogens with zero attached hydrogens (tertiary/aromatic N) is 3. The maximum atomic E-state index is 12.5. The second-order valence-electron chi connectivity index (χ2n) is 7.64. The number of benzene rings is 1. The number of aryl methyl sites for hydroxylation is 2. The number of hydrogen-bond acceptors (Lipinski definition) is 8. The third kappa shape index (κ3) is 4.15. The Bertz CT molecular complexity index is 1180. The van der Waals surface area contributed by atoms with Crippen molar-refractivity contribution in [2.24, 2.45) is 5.92 Å². The molecule has 0 radical (unpaired) electrons. The minimum Gasteiger partial charge on any atom is -0.490 e. The number of nitro groups is 1. The number of aromatic nitrogens is 2. The number of thiophene rings is 1. The maximum absolute atomic E-state index is 12.5. The summed E-state index contributed by atoms with van der Waals surface area (Å²) < 4.78 is 10.8. The minimum atomic E-state index is -0.525. The summed E-state index contributed by atoms with van der Waals surface area (Å²) in [5, 5.41) is 14.8. The number of rotatable bonds is 6. The maximum Gasteiger partial charge on any atom is 0.311 e. The quantitative estimate of drug-likeness (QED) is 0.452. The van der Waals surface area contributed by atoms with Crippen molar-refractivity contribution in [3.63, 3.8) is 0 Å². The van der Waals surface area contributed by atoms with Crippen molar-refractivity contribution >= 4 is 38.8 Å². The highest BCUT2D eigenvalue weighted by atomic mass is 32.1. The summed E-state index contributed by atoms with van der Waals surface area (Å²) in [6, 6.07) is 2.80. The van der Waals surface area contributed by atoms with Crippen molar-refractivity contribution < 1.29 is 19.2 Å². The number of hydrogen-bond donors (Lipinski definition) is 1. The minimum absolute atomic E-state index is 0.0726. The van der Waals surface area contributed by atoms with Crippen molar-refractivity contribution in [3.05, 3.63) is 44.6 Å². The molecule has 1 amide bonds. The van der Waals surface area contributed by atoms with Crippen LogP contribution in [0.15, 0.2) is 18.5 Å². The van der Waals surface area contributed by atoms with Gasteiger partial charge in [0.1, 0.15) is 11.2 Å². The summed E-state index contributed by atoms with van der Waals surface area (Å²) in [5.74, 6) is 0.725. The van der Waals surface area contributed by atoms with Gasteiger partial charge < -0.3 is 14.8 Å². The monoisotopic (exact) mass is 442 g/mol. The number of nitro benzene ring substituents is 1. The van der Waals surface area contributed by atoms with E-state index in [-0.39, 0.29) is 18.0 Å². The second kappa shape index (κ2) is 8.46. The van der Waals surface area contributed by atoms with Crippen LogP contribution >= 0.6 is 11.3 Å². The molecule has 0 saturated carbocycles. The summed E-state index contributed by atoms with van der Waals surface area (Å²) in [7, 11) is 1.34. The fraction of sp³-hybridized carbons (Fsp3) is 0.381. The fourth-order valence-corrected chi connectivity index (χ4v) is 5.13. The molecule has 9 nitrogen and oxygen atoms in total. The van der Waals surface area contributed by atoms with E-state index in [4.69, 9.17) is 9.47 Å². The lowest BCUT2D eigenvalue weighted by Gasteiger charge is -2.18. The summed E-state index contributed by atoms with van der Waals surface area (Å²) >= 11 is 1.66. The van der Waals surface area contributed by atoms with E-state index in [2.05, 4.69) is 22.2 Å². The molecule has 162 valence electrons. The summed E-state index contributed by atoms with van der Waals surface area (Å²) in [6.45, 7) is 3.68. The molecule has 0 saturated heterocycles. The lowest BCUT2D eigenvalue weighted by Crippen LogP contribution is -2.21. The van der Waals surface area contributed by atoms with Crippen LogP contribution in [0.1, 0.15) is 29.3 Å². The average molecular weight is 442 g/mol. The molecule has 0 fully saturated rings. The van der Waals surface area contributed by atoms with Crippen molar-refractivity contribution in [1.29, 1.82) is 0 Å². The Kier molecular flexibility index (Phi) is 5.73. The number of anilines is 1. The predicted molar refractivity (Wildman–Crippen MR) is 117 cm³/mol. The molecule has 1 aromatic carbocycles. The Balaban J connectivity index is 1.51. The van der Waals surface area contributed by atoms with Crippen LogP contribution in [0.5, 0.6) is 11.6 Å². The van der Waals surface area contributed by atoms with Gasteiger partial charge in [-0.1, -0.05) is 6.92 Å². The molecule has 0 bridgehead atoms. The zero-order chi connectivity index (χ0) is 22.1. The van der Waals surface area contributed by atoms with Crippen molar-refractivity contribution in [3.8, 4) is 11.6 Å². The Morgan fingerprint density at radius 2 is 2.19 bits per heavy atom. The molecule has 1 aliphatic rings. The van der Waals surface area contributed by atoms with E-state index in [1.165, 1.54) is 36.0 Å². The molecule has 31 heavy (non-hydrogen) atoms. The molecule has 2 heterocycles. The number of carbonyl (C=O) groups is 1. The highest BCUT2D eigenvalue weighted by Crippen LogP contribution is 2.40. The predicted octanol–water partition coefficient (Wildman–Crippen LogP) is 4.06. The molecular weight excluding hydrogens is 420 g/mol. The largest absolute Gasteiger partial charge is 0.490 e. The molecule has 1 aliphatic carbocycles. The van der Waals surface area contributed by atoms with Gasteiger partial charge in [0, 0.05) is 22.7 Å². The number of methoxy groups -OCH3 is 1. The van der Waals surface area contributed by atoms with Gasteiger partial charge in [0.25, 0.3) is 5.91 Å². The van der Waals surface area contributed by atoms with E-state index in [9.17, 15) is 14.9 Å². The van der Waals surface area contributed by atoms with Gasteiger partial charge in [-0.25, -0.2) is 9.97 Å². The average Bonchev–Trinajstić information content (AvgIpc) is 3.11. The second-order valence-corrected chi connectivity index (χ2v) is 8.73.